The van der Waals surface area contributed by atoms with Crippen LogP contribution >= 0.6 is 0 Å². The maximum Gasteiger partial charge on any atom is 0.328 e. The third kappa shape index (κ3) is 5.09. The Bertz CT molecular complexity index is 394. The minimum Gasteiger partial charge on any atom is -0.478 e. The molecule has 1 aliphatic rings. The van der Waals surface area contributed by atoms with Crippen LogP contribution in [0.5, 0.6) is 0 Å². The smallest absolute Gasteiger partial charge is 0.328 e. The zero-order valence-electron chi connectivity index (χ0n) is 11.1. The molecule has 3 amide bonds. The molecule has 1 atom stereocenters. The van der Waals surface area contributed by atoms with Crippen LogP contribution in [-0.4, -0.2) is 66.0 Å². The highest BCUT2D eigenvalue weighted by molar-refractivity contribution is 6.02. The number of hydrogen-bond donors (Lipinski definition) is 2. The van der Waals surface area contributed by atoms with Crippen molar-refractivity contribution in [2.75, 3.05) is 27.2 Å². The summed E-state index contributed by atoms with van der Waals surface area (Å²) < 4.78 is 0. The maximum atomic E-state index is 11.7. The summed E-state index contributed by atoms with van der Waals surface area (Å²) in [5, 5.41) is 10.5. The molecule has 0 saturated carbocycles. The van der Waals surface area contributed by atoms with Gasteiger partial charge < -0.3 is 14.9 Å². The lowest BCUT2D eigenvalue weighted by molar-refractivity contribution is -0.131. The first-order chi connectivity index (χ1) is 8.90. The van der Waals surface area contributed by atoms with Crippen molar-refractivity contribution < 1.29 is 19.5 Å². The summed E-state index contributed by atoms with van der Waals surface area (Å²) in [6.45, 7) is 1.55. The van der Waals surface area contributed by atoms with Gasteiger partial charge in [-0.05, 0) is 26.4 Å². The largest absolute Gasteiger partial charge is 0.478 e. The number of nitrogens with one attached hydrogen (secondary N) is 1. The maximum absolute atomic E-state index is 11.7. The van der Waals surface area contributed by atoms with Crippen molar-refractivity contribution in [3.8, 4) is 0 Å². The fourth-order valence-electron chi connectivity index (χ4n) is 2.00. The number of carboxylic acid groups (broad SMARTS) is 1. The second kappa shape index (κ2) is 6.89. The Balaban J connectivity index is 2.40. The van der Waals surface area contributed by atoms with Crippen molar-refractivity contribution >= 4 is 17.9 Å². The molecule has 0 aliphatic carbocycles. The topological polar surface area (TPSA) is 90.0 Å². The first-order valence-corrected chi connectivity index (χ1v) is 6.07. The minimum atomic E-state index is -1.23. The molecule has 2 N–H and O–H groups in total. The van der Waals surface area contributed by atoms with Gasteiger partial charge in [0.2, 0.25) is 0 Å². The van der Waals surface area contributed by atoms with E-state index in [2.05, 4.69) is 10.2 Å². The Morgan fingerprint density at radius 2 is 2.11 bits per heavy atom. The average molecular weight is 269 g/mol. The van der Waals surface area contributed by atoms with E-state index in [0.717, 1.165) is 25.5 Å². The van der Waals surface area contributed by atoms with Crippen LogP contribution in [0, 0.1) is 0 Å². The van der Waals surface area contributed by atoms with Gasteiger partial charge in [0.15, 0.2) is 0 Å². The van der Waals surface area contributed by atoms with Gasteiger partial charge in [-0.1, -0.05) is 0 Å². The van der Waals surface area contributed by atoms with Crippen LogP contribution in [0.25, 0.3) is 0 Å². The van der Waals surface area contributed by atoms with Gasteiger partial charge in [-0.15, -0.1) is 0 Å². The van der Waals surface area contributed by atoms with Crippen LogP contribution in [0.2, 0.25) is 0 Å². The lowest BCUT2D eigenvalue weighted by atomic mass is 10.2. The van der Waals surface area contributed by atoms with E-state index in [0.29, 0.717) is 18.7 Å². The van der Waals surface area contributed by atoms with E-state index < -0.39 is 17.9 Å². The highest BCUT2D eigenvalue weighted by Crippen LogP contribution is 2.15. The van der Waals surface area contributed by atoms with E-state index in [1.54, 1.807) is 7.05 Å². The molecule has 7 heteroatoms. The molecular formula is C12H19N3O4. The van der Waals surface area contributed by atoms with E-state index in [1.807, 2.05) is 7.05 Å². The monoisotopic (exact) mass is 269 g/mol. The molecule has 0 aromatic carbocycles. The van der Waals surface area contributed by atoms with Gasteiger partial charge in [-0.2, -0.15) is 0 Å². The molecule has 106 valence electrons. The van der Waals surface area contributed by atoms with Crippen molar-refractivity contribution in [3.05, 3.63) is 12.2 Å². The normalized spacial score (nSPS) is 19.6. The van der Waals surface area contributed by atoms with Crippen LogP contribution in [0.15, 0.2) is 12.2 Å². The van der Waals surface area contributed by atoms with Crippen molar-refractivity contribution in [2.24, 2.45) is 0 Å². The van der Waals surface area contributed by atoms with Gasteiger partial charge in [-0.3, -0.25) is 10.1 Å². The highest BCUT2D eigenvalue weighted by Gasteiger charge is 2.24. The van der Waals surface area contributed by atoms with Crippen molar-refractivity contribution in [3.63, 3.8) is 0 Å². The highest BCUT2D eigenvalue weighted by atomic mass is 16.4. The summed E-state index contributed by atoms with van der Waals surface area (Å²) in [6.07, 6.45) is 3.64. The van der Waals surface area contributed by atoms with Crippen LogP contribution < -0.4 is 5.32 Å². The quantitative estimate of drug-likeness (QED) is 0.695. The predicted molar refractivity (Wildman–Crippen MR) is 68.6 cm³/mol. The Labute approximate surface area is 111 Å². The zero-order valence-corrected chi connectivity index (χ0v) is 11.1. The molecule has 0 bridgehead atoms. The molecule has 0 radical (unpaired) electrons. The fourth-order valence-corrected chi connectivity index (χ4v) is 2.00. The van der Waals surface area contributed by atoms with Crippen LogP contribution in [0.1, 0.15) is 12.8 Å². The molecule has 0 aromatic rings. The number of carbonyl (C=O) groups excluding carboxylic acids is 2. The van der Waals surface area contributed by atoms with Crippen molar-refractivity contribution in [1.82, 2.24) is 15.1 Å². The third-order valence-corrected chi connectivity index (χ3v) is 3.11. The molecule has 19 heavy (non-hydrogen) atoms. The van der Waals surface area contributed by atoms with Gasteiger partial charge >= 0.3 is 12.0 Å². The second-order valence-electron chi connectivity index (χ2n) is 4.62. The lowest BCUT2D eigenvalue weighted by Gasteiger charge is -2.25. The Morgan fingerprint density at radius 1 is 1.42 bits per heavy atom. The van der Waals surface area contributed by atoms with Gasteiger partial charge in [0.25, 0.3) is 5.91 Å². The summed E-state index contributed by atoms with van der Waals surface area (Å²) in [6, 6.07) is -0.222. The van der Waals surface area contributed by atoms with E-state index >= 15 is 0 Å². The summed E-state index contributed by atoms with van der Waals surface area (Å²) in [5.41, 5.74) is 0. The predicted octanol–water partition coefficient (Wildman–Crippen LogP) is -0.111. The summed E-state index contributed by atoms with van der Waals surface area (Å²) >= 11 is 0. The number of carbonyl (C=O) groups is 3. The zero-order chi connectivity index (χ0) is 14.4. The fraction of sp³-hybridized carbons (Fsp3) is 0.583. The number of amides is 3. The van der Waals surface area contributed by atoms with Gasteiger partial charge in [0.1, 0.15) is 0 Å². The van der Waals surface area contributed by atoms with E-state index in [1.165, 1.54) is 4.90 Å². The Morgan fingerprint density at radius 3 is 2.63 bits per heavy atom. The summed E-state index contributed by atoms with van der Waals surface area (Å²) in [5.74, 6) is -1.97. The van der Waals surface area contributed by atoms with Crippen LogP contribution in [0.4, 0.5) is 4.79 Å². The van der Waals surface area contributed by atoms with Gasteiger partial charge in [0, 0.05) is 31.8 Å². The molecule has 0 aromatic heterocycles. The molecule has 7 nitrogen and oxygen atoms in total. The molecule has 1 saturated heterocycles. The van der Waals surface area contributed by atoms with Crippen molar-refractivity contribution in [2.45, 2.75) is 18.9 Å². The third-order valence-electron chi connectivity index (χ3n) is 3.11. The lowest BCUT2D eigenvalue weighted by Crippen LogP contribution is -2.45. The number of likely N-dealkylation sites (tertiary alicyclic amines) is 1. The minimum absolute atomic E-state index is 0.306. The van der Waals surface area contributed by atoms with E-state index in [9.17, 15) is 14.4 Å². The number of carboxylic acids is 1. The van der Waals surface area contributed by atoms with Crippen molar-refractivity contribution in [1.29, 1.82) is 0 Å². The number of aliphatic carboxylic acids is 1. The number of imide groups is 1. The van der Waals surface area contributed by atoms with Crippen LogP contribution in [0.3, 0.4) is 0 Å². The summed E-state index contributed by atoms with van der Waals surface area (Å²) in [4.78, 5) is 36.8. The van der Waals surface area contributed by atoms with Gasteiger partial charge in [0.05, 0.1) is 0 Å². The molecular weight excluding hydrogens is 250 g/mol. The molecule has 1 heterocycles. The number of urea groups is 1. The first kappa shape index (κ1) is 15.2. The number of hydrogen-bond acceptors (Lipinski definition) is 4. The number of nitrogens with zero attached hydrogens (tertiary/aromatic N) is 2. The SMILES string of the molecule is CN(CC1CCCN1C)C(=O)NC(=O)/C=C/C(=O)O. The Hall–Kier alpha value is -1.89. The number of rotatable bonds is 4. The Kier molecular flexibility index (Phi) is 5.50. The standard InChI is InChI=1S/C12H19N3O4/c1-14-7-3-4-9(14)8-15(2)12(19)13-10(16)5-6-11(17)18/h5-6,9H,3-4,7-8H2,1-2H3,(H,17,18)(H,13,16,19)/b6-5+. The summed E-state index contributed by atoms with van der Waals surface area (Å²) in [7, 11) is 3.61. The molecule has 0 spiro atoms. The number of likely N-dealkylation sites (N-methyl/N-ethyl adjacent to an activating group) is 2. The average Bonchev–Trinajstić information content (AvgIpc) is 2.72. The van der Waals surface area contributed by atoms with Gasteiger partial charge in [-0.25, -0.2) is 9.59 Å². The van der Waals surface area contributed by atoms with Crippen LogP contribution in [-0.2, 0) is 9.59 Å². The van der Waals surface area contributed by atoms with E-state index in [-0.39, 0.29) is 0 Å². The molecule has 1 fully saturated rings. The second-order valence-corrected chi connectivity index (χ2v) is 4.62. The molecule has 1 unspecified atom stereocenters. The first-order valence-electron chi connectivity index (χ1n) is 6.07. The molecule has 1 aliphatic heterocycles. The van der Waals surface area contributed by atoms with E-state index in [4.69, 9.17) is 5.11 Å². The molecule has 1 rings (SSSR count).